The van der Waals surface area contributed by atoms with Crippen molar-refractivity contribution < 1.29 is 26.7 Å². The number of nitrogens with zero attached hydrogens (tertiary/aromatic N) is 1. The van der Waals surface area contributed by atoms with Gasteiger partial charge in [0.2, 0.25) is 0 Å². The van der Waals surface area contributed by atoms with E-state index in [1.165, 1.54) is 18.2 Å². The average molecular weight is 489 g/mol. The van der Waals surface area contributed by atoms with Crippen LogP contribution in [0.15, 0.2) is 89.6 Å². The Morgan fingerprint density at radius 3 is 2.21 bits per heavy atom. The Kier molecular flexibility index (Phi) is 6.18. The van der Waals surface area contributed by atoms with Gasteiger partial charge in [-0.1, -0.05) is 42.5 Å². The van der Waals surface area contributed by atoms with Crippen LogP contribution in [0.5, 0.6) is 0 Å². The highest BCUT2D eigenvalue weighted by Gasteiger charge is 2.39. The Morgan fingerprint density at radius 2 is 1.59 bits per heavy atom. The lowest BCUT2D eigenvalue weighted by molar-refractivity contribution is -0.138. The Bertz CT molecular complexity index is 1300. The topological polar surface area (TPSA) is 69.6 Å². The van der Waals surface area contributed by atoms with E-state index < -0.39 is 34.2 Å². The van der Waals surface area contributed by atoms with Crippen molar-refractivity contribution in [2.24, 2.45) is 0 Å². The SMILES string of the molecule is CC(C)(O)C1=CN(c2ccc(-c3cccc([SH](=O)=O)c3)cc2)C(c2ccccc2C(F)(F)F)N1. The largest absolute Gasteiger partial charge is 0.416 e. The monoisotopic (exact) mass is 488 g/mol. The molecule has 0 aliphatic carbocycles. The molecule has 0 spiro atoms. The number of nitrogens with one attached hydrogen (secondary N) is 1. The lowest BCUT2D eigenvalue weighted by Crippen LogP contribution is -2.34. The van der Waals surface area contributed by atoms with Crippen LogP contribution in [0.4, 0.5) is 18.9 Å². The van der Waals surface area contributed by atoms with E-state index in [9.17, 15) is 26.7 Å². The highest BCUT2D eigenvalue weighted by molar-refractivity contribution is 7.72. The molecule has 1 atom stereocenters. The number of rotatable bonds is 5. The zero-order chi connectivity index (χ0) is 24.7. The summed E-state index contributed by atoms with van der Waals surface area (Å²) in [5.74, 6) is 0. The Balaban J connectivity index is 1.75. The van der Waals surface area contributed by atoms with E-state index >= 15 is 0 Å². The molecule has 0 amide bonds. The van der Waals surface area contributed by atoms with Crippen LogP contribution < -0.4 is 10.2 Å². The number of anilines is 1. The maximum Gasteiger partial charge on any atom is 0.416 e. The molecular weight excluding hydrogens is 465 g/mol. The van der Waals surface area contributed by atoms with Gasteiger partial charge < -0.3 is 15.3 Å². The molecule has 1 heterocycles. The molecule has 1 aliphatic rings. The Hall–Kier alpha value is -3.30. The summed E-state index contributed by atoms with van der Waals surface area (Å²) in [6, 6.07) is 18.9. The number of hydrogen-bond donors (Lipinski definition) is 3. The fourth-order valence-electron chi connectivity index (χ4n) is 3.87. The first-order valence-corrected chi connectivity index (χ1v) is 11.6. The van der Waals surface area contributed by atoms with E-state index in [2.05, 4.69) is 5.32 Å². The van der Waals surface area contributed by atoms with Crippen molar-refractivity contribution in [1.29, 1.82) is 0 Å². The number of alkyl halides is 3. The van der Waals surface area contributed by atoms with Gasteiger partial charge >= 0.3 is 6.18 Å². The first-order valence-electron chi connectivity index (χ1n) is 10.5. The van der Waals surface area contributed by atoms with Crippen molar-refractivity contribution in [3.63, 3.8) is 0 Å². The van der Waals surface area contributed by atoms with Crippen LogP contribution in [-0.4, -0.2) is 19.1 Å². The predicted molar refractivity (Wildman–Crippen MR) is 125 cm³/mol. The summed E-state index contributed by atoms with van der Waals surface area (Å²) in [7, 11) is -2.72. The highest BCUT2D eigenvalue weighted by atomic mass is 32.2. The summed E-state index contributed by atoms with van der Waals surface area (Å²) < 4.78 is 63.8. The molecule has 3 aromatic rings. The number of aliphatic hydroxyl groups is 1. The van der Waals surface area contributed by atoms with E-state index in [1.807, 2.05) is 0 Å². The third kappa shape index (κ3) is 4.80. The lowest BCUT2D eigenvalue weighted by Gasteiger charge is -2.29. The van der Waals surface area contributed by atoms with Crippen LogP contribution in [0.2, 0.25) is 0 Å². The van der Waals surface area contributed by atoms with Gasteiger partial charge in [-0.25, -0.2) is 8.42 Å². The first-order chi connectivity index (χ1) is 15.9. The standard InChI is InChI=1S/C25H23F3N2O3S/c1-24(2,31)22-15-30(23(29-22)20-8-3-4-9-21(20)25(26,27)28)18-12-10-16(11-13-18)17-6-5-7-19(14-17)34(32)33/h3-15,23,29,31,34H,1-2H3. The first kappa shape index (κ1) is 23.8. The minimum absolute atomic E-state index is 0.0292. The summed E-state index contributed by atoms with van der Waals surface area (Å²) in [5, 5.41) is 13.6. The zero-order valence-corrected chi connectivity index (χ0v) is 19.3. The molecule has 178 valence electrons. The van der Waals surface area contributed by atoms with Crippen molar-refractivity contribution >= 4 is 16.4 Å². The van der Waals surface area contributed by atoms with Crippen LogP contribution in [0.3, 0.4) is 0 Å². The molecule has 2 N–H and O–H groups in total. The minimum atomic E-state index is -4.54. The Labute approximate surface area is 197 Å². The fraction of sp³-hybridized carbons (Fsp3) is 0.200. The maximum absolute atomic E-state index is 13.7. The third-order valence-electron chi connectivity index (χ3n) is 5.61. The van der Waals surface area contributed by atoms with E-state index in [0.717, 1.165) is 11.6 Å². The van der Waals surface area contributed by atoms with Gasteiger partial charge in [0.15, 0.2) is 10.7 Å². The molecule has 3 aromatic carbocycles. The van der Waals surface area contributed by atoms with E-state index in [4.69, 9.17) is 0 Å². The molecule has 0 saturated heterocycles. The number of thiol groups is 1. The summed E-state index contributed by atoms with van der Waals surface area (Å²) in [4.78, 5) is 1.84. The van der Waals surface area contributed by atoms with Crippen molar-refractivity contribution in [3.05, 3.63) is 95.8 Å². The number of benzene rings is 3. The molecule has 34 heavy (non-hydrogen) atoms. The summed E-state index contributed by atoms with van der Waals surface area (Å²) in [5.41, 5.74) is 0.414. The van der Waals surface area contributed by atoms with Gasteiger partial charge in [0.25, 0.3) is 0 Å². The summed E-state index contributed by atoms with van der Waals surface area (Å²) in [6.07, 6.45) is -3.83. The van der Waals surface area contributed by atoms with Gasteiger partial charge in [0, 0.05) is 17.5 Å². The summed E-state index contributed by atoms with van der Waals surface area (Å²) in [6.45, 7) is 3.11. The second kappa shape index (κ2) is 8.81. The fourth-order valence-corrected chi connectivity index (χ4v) is 4.32. The second-order valence-electron chi connectivity index (χ2n) is 8.50. The third-order valence-corrected chi connectivity index (χ3v) is 6.31. The van der Waals surface area contributed by atoms with E-state index in [-0.39, 0.29) is 10.5 Å². The van der Waals surface area contributed by atoms with Crippen LogP contribution in [0.1, 0.15) is 31.1 Å². The molecule has 4 rings (SSSR count). The molecule has 0 aromatic heterocycles. The molecular formula is C25H23F3N2O3S. The average Bonchev–Trinajstić information content (AvgIpc) is 3.25. The maximum atomic E-state index is 13.7. The molecule has 1 unspecified atom stereocenters. The smallest absolute Gasteiger partial charge is 0.384 e. The summed E-state index contributed by atoms with van der Waals surface area (Å²) >= 11 is 0. The molecule has 9 heteroatoms. The van der Waals surface area contributed by atoms with Crippen molar-refractivity contribution in [2.75, 3.05) is 4.90 Å². The normalized spacial score (nSPS) is 16.5. The Morgan fingerprint density at radius 1 is 0.912 bits per heavy atom. The number of halogens is 3. The molecule has 5 nitrogen and oxygen atoms in total. The second-order valence-corrected chi connectivity index (χ2v) is 9.53. The van der Waals surface area contributed by atoms with Crippen molar-refractivity contribution in [1.82, 2.24) is 5.32 Å². The van der Waals surface area contributed by atoms with Gasteiger partial charge in [0.05, 0.1) is 21.8 Å². The molecule has 0 saturated carbocycles. The van der Waals surface area contributed by atoms with Crippen molar-refractivity contribution in [3.8, 4) is 11.1 Å². The quantitative estimate of drug-likeness (QED) is 0.438. The van der Waals surface area contributed by atoms with Crippen molar-refractivity contribution in [2.45, 2.75) is 36.7 Å². The lowest BCUT2D eigenvalue weighted by atomic mass is 10.0. The molecule has 0 radical (unpaired) electrons. The van der Waals surface area contributed by atoms with Crippen LogP contribution in [-0.2, 0) is 16.9 Å². The zero-order valence-electron chi connectivity index (χ0n) is 18.4. The van der Waals surface area contributed by atoms with Gasteiger partial charge in [0.1, 0.15) is 6.17 Å². The van der Waals surface area contributed by atoms with Gasteiger partial charge in [-0.3, -0.25) is 0 Å². The highest BCUT2D eigenvalue weighted by Crippen LogP contribution is 2.40. The van der Waals surface area contributed by atoms with Gasteiger partial charge in [-0.15, -0.1) is 0 Å². The van der Waals surface area contributed by atoms with Gasteiger partial charge in [-0.2, -0.15) is 13.2 Å². The molecule has 1 aliphatic heterocycles. The van der Waals surface area contributed by atoms with Crippen LogP contribution >= 0.6 is 0 Å². The minimum Gasteiger partial charge on any atom is -0.384 e. The van der Waals surface area contributed by atoms with Crippen LogP contribution in [0.25, 0.3) is 11.1 Å². The van der Waals surface area contributed by atoms with Crippen LogP contribution in [0, 0.1) is 0 Å². The number of hydrogen-bond acceptors (Lipinski definition) is 5. The molecule has 0 bridgehead atoms. The van der Waals surface area contributed by atoms with Gasteiger partial charge in [-0.05, 0) is 55.3 Å². The molecule has 0 fully saturated rings. The predicted octanol–water partition coefficient (Wildman–Crippen LogP) is 5.06. The van der Waals surface area contributed by atoms with E-state index in [0.29, 0.717) is 16.9 Å². The van der Waals surface area contributed by atoms with E-state index in [1.54, 1.807) is 73.5 Å².